The molecule has 1 aliphatic heterocycles. The van der Waals surface area contributed by atoms with Crippen LogP contribution in [-0.2, 0) is 27.3 Å². The van der Waals surface area contributed by atoms with E-state index in [-0.39, 0.29) is 17.8 Å². The van der Waals surface area contributed by atoms with E-state index in [0.717, 1.165) is 38.1 Å². The number of rotatable bonds is 10. The number of benzene rings is 1. The molecule has 2 heterocycles. The van der Waals surface area contributed by atoms with Gasteiger partial charge in [-0.05, 0) is 43.2 Å². The molecule has 1 aromatic heterocycles. The number of nitrogens with one attached hydrogen (secondary N) is 2. The molecule has 150 valence electrons. The number of hydrogen-bond donors (Lipinski definition) is 2. The molecule has 1 fully saturated rings. The Morgan fingerprint density at radius 2 is 2.07 bits per heavy atom. The number of thiophene rings is 1. The molecule has 1 saturated heterocycles. The average Bonchev–Trinajstić information content (AvgIpc) is 3.36. The Balaban J connectivity index is 1.59. The Bertz CT molecular complexity index is 742. The summed E-state index contributed by atoms with van der Waals surface area (Å²) < 4.78 is 5.78. The summed E-state index contributed by atoms with van der Waals surface area (Å²) in [6.07, 6.45) is 2.89. The van der Waals surface area contributed by atoms with Crippen molar-refractivity contribution < 1.29 is 19.2 Å². The SMILES string of the molecule is CC(=O)[C@H](Cc1ccccc1)NC(=O)C[NH+](Cc1cccs1)C[C@@H]1CCCO1. The van der Waals surface area contributed by atoms with Crippen LogP contribution >= 0.6 is 11.3 Å². The van der Waals surface area contributed by atoms with Crippen LogP contribution in [0.3, 0.4) is 0 Å². The maximum atomic E-state index is 12.7. The van der Waals surface area contributed by atoms with E-state index in [9.17, 15) is 9.59 Å². The van der Waals surface area contributed by atoms with E-state index in [1.807, 2.05) is 36.4 Å². The molecule has 5 nitrogen and oxygen atoms in total. The van der Waals surface area contributed by atoms with E-state index in [1.54, 1.807) is 11.3 Å². The van der Waals surface area contributed by atoms with Crippen LogP contribution in [0.4, 0.5) is 0 Å². The number of ether oxygens (including phenoxy) is 1. The smallest absolute Gasteiger partial charge is 0.275 e. The predicted molar refractivity (Wildman–Crippen MR) is 110 cm³/mol. The van der Waals surface area contributed by atoms with Crippen molar-refractivity contribution >= 4 is 23.0 Å². The van der Waals surface area contributed by atoms with Gasteiger partial charge in [0.1, 0.15) is 19.2 Å². The zero-order valence-corrected chi connectivity index (χ0v) is 17.2. The lowest BCUT2D eigenvalue weighted by Crippen LogP contribution is -3.13. The molecule has 0 aliphatic carbocycles. The quantitative estimate of drug-likeness (QED) is 0.636. The maximum Gasteiger partial charge on any atom is 0.275 e. The van der Waals surface area contributed by atoms with Gasteiger partial charge in [0.15, 0.2) is 12.3 Å². The highest BCUT2D eigenvalue weighted by atomic mass is 32.1. The monoisotopic (exact) mass is 401 g/mol. The third-order valence-corrected chi connectivity index (χ3v) is 5.94. The normalized spacial score (nSPS) is 18.5. The van der Waals surface area contributed by atoms with Gasteiger partial charge < -0.3 is 15.0 Å². The topological polar surface area (TPSA) is 59.8 Å². The third kappa shape index (κ3) is 6.55. The zero-order valence-electron chi connectivity index (χ0n) is 16.4. The predicted octanol–water partition coefficient (Wildman–Crippen LogP) is 1.63. The Morgan fingerprint density at radius 3 is 2.71 bits per heavy atom. The molecule has 3 atom stereocenters. The molecular weight excluding hydrogens is 372 g/mol. The lowest BCUT2D eigenvalue weighted by molar-refractivity contribution is -0.908. The zero-order chi connectivity index (χ0) is 19.8. The van der Waals surface area contributed by atoms with Gasteiger partial charge in [0.05, 0.1) is 10.9 Å². The van der Waals surface area contributed by atoms with E-state index in [1.165, 1.54) is 16.7 Å². The molecular formula is C22H29N2O3S+. The summed E-state index contributed by atoms with van der Waals surface area (Å²) in [5.74, 6) is -0.100. The summed E-state index contributed by atoms with van der Waals surface area (Å²) in [5.41, 5.74) is 1.05. The fourth-order valence-electron chi connectivity index (χ4n) is 3.61. The van der Waals surface area contributed by atoms with Crippen LogP contribution in [0.25, 0.3) is 0 Å². The van der Waals surface area contributed by atoms with Crippen LogP contribution in [0.5, 0.6) is 0 Å². The minimum Gasteiger partial charge on any atom is -0.372 e. The van der Waals surface area contributed by atoms with Crippen molar-refractivity contribution in [3.05, 3.63) is 58.3 Å². The Kier molecular flexibility index (Phi) is 7.77. The molecule has 1 aromatic carbocycles. The number of hydrogen-bond acceptors (Lipinski definition) is 4. The number of carbonyl (C=O) groups excluding carboxylic acids is 2. The minimum atomic E-state index is -0.486. The van der Waals surface area contributed by atoms with Crippen molar-refractivity contribution in [1.82, 2.24) is 5.32 Å². The Labute approximate surface area is 170 Å². The van der Waals surface area contributed by atoms with Crippen molar-refractivity contribution in [1.29, 1.82) is 0 Å². The summed E-state index contributed by atoms with van der Waals surface area (Å²) in [4.78, 5) is 27.2. The fraction of sp³-hybridized carbons (Fsp3) is 0.455. The molecule has 1 amide bonds. The van der Waals surface area contributed by atoms with Crippen LogP contribution in [0.1, 0.15) is 30.2 Å². The summed E-state index contributed by atoms with van der Waals surface area (Å²) in [5, 5.41) is 5.01. The second-order valence-electron chi connectivity index (χ2n) is 7.44. The van der Waals surface area contributed by atoms with E-state index in [2.05, 4.69) is 16.8 Å². The minimum absolute atomic E-state index is 0.0175. The lowest BCUT2D eigenvalue weighted by Gasteiger charge is -2.23. The number of quaternary nitrogens is 1. The van der Waals surface area contributed by atoms with Gasteiger partial charge in [-0.25, -0.2) is 0 Å². The highest BCUT2D eigenvalue weighted by molar-refractivity contribution is 7.09. The van der Waals surface area contributed by atoms with E-state index >= 15 is 0 Å². The molecule has 1 aliphatic rings. The van der Waals surface area contributed by atoms with Gasteiger partial charge in [0, 0.05) is 6.61 Å². The van der Waals surface area contributed by atoms with Gasteiger partial charge in [-0.2, -0.15) is 0 Å². The van der Waals surface area contributed by atoms with Gasteiger partial charge in [-0.1, -0.05) is 36.4 Å². The molecule has 3 rings (SSSR count). The van der Waals surface area contributed by atoms with Crippen molar-refractivity contribution in [2.24, 2.45) is 0 Å². The maximum absolute atomic E-state index is 12.7. The standard InChI is InChI=1S/C22H28N2O3S/c1-17(25)21(13-18-7-3-2-4-8-18)23-22(26)16-24(14-19-9-5-11-27-19)15-20-10-6-12-28-20/h2-4,6-8,10,12,19,21H,5,9,11,13-16H2,1H3,(H,23,26)/p+1/t19-,21-/m0/s1. The fourth-order valence-corrected chi connectivity index (χ4v) is 4.39. The largest absolute Gasteiger partial charge is 0.372 e. The first kappa shape index (κ1) is 20.7. The van der Waals surface area contributed by atoms with E-state index in [4.69, 9.17) is 4.74 Å². The first-order valence-electron chi connectivity index (χ1n) is 9.91. The second-order valence-corrected chi connectivity index (χ2v) is 8.47. The molecule has 6 heteroatoms. The molecule has 0 spiro atoms. The highest BCUT2D eigenvalue weighted by Crippen LogP contribution is 2.11. The molecule has 2 N–H and O–H groups in total. The van der Waals surface area contributed by atoms with Gasteiger partial charge in [-0.15, -0.1) is 11.3 Å². The van der Waals surface area contributed by atoms with Crippen molar-refractivity contribution in [3.8, 4) is 0 Å². The van der Waals surface area contributed by atoms with Gasteiger partial charge in [-0.3, -0.25) is 9.59 Å². The van der Waals surface area contributed by atoms with E-state index < -0.39 is 6.04 Å². The summed E-state index contributed by atoms with van der Waals surface area (Å²) in [6, 6.07) is 13.5. The molecule has 0 bridgehead atoms. The Morgan fingerprint density at radius 1 is 1.25 bits per heavy atom. The summed E-state index contributed by atoms with van der Waals surface area (Å²) in [7, 11) is 0. The number of Topliss-reactive ketones (excluding diaryl/α,β-unsaturated/α-hetero) is 1. The van der Waals surface area contributed by atoms with Crippen LogP contribution in [0.15, 0.2) is 47.8 Å². The molecule has 28 heavy (non-hydrogen) atoms. The first-order valence-corrected chi connectivity index (χ1v) is 10.8. The molecule has 0 radical (unpaired) electrons. The summed E-state index contributed by atoms with van der Waals surface area (Å²) in [6.45, 7) is 4.31. The first-order chi connectivity index (χ1) is 13.6. The number of carbonyl (C=O) groups is 2. The van der Waals surface area contributed by atoms with Gasteiger partial charge in [0.25, 0.3) is 5.91 Å². The van der Waals surface area contributed by atoms with Gasteiger partial charge in [0.2, 0.25) is 0 Å². The lowest BCUT2D eigenvalue weighted by atomic mass is 10.0. The molecule has 0 saturated carbocycles. The van der Waals surface area contributed by atoms with E-state index in [0.29, 0.717) is 13.0 Å². The average molecular weight is 402 g/mol. The van der Waals surface area contributed by atoms with Crippen molar-refractivity contribution in [3.63, 3.8) is 0 Å². The van der Waals surface area contributed by atoms with Crippen molar-refractivity contribution in [2.75, 3.05) is 19.7 Å². The molecule has 2 aromatic rings. The number of ketones is 1. The van der Waals surface area contributed by atoms with Crippen LogP contribution in [0.2, 0.25) is 0 Å². The van der Waals surface area contributed by atoms with Crippen molar-refractivity contribution in [2.45, 2.75) is 44.9 Å². The van der Waals surface area contributed by atoms with Gasteiger partial charge >= 0.3 is 0 Å². The summed E-state index contributed by atoms with van der Waals surface area (Å²) >= 11 is 1.71. The molecule has 1 unspecified atom stereocenters. The number of amides is 1. The highest BCUT2D eigenvalue weighted by Gasteiger charge is 2.26. The Hall–Kier alpha value is -2.02. The third-order valence-electron chi connectivity index (χ3n) is 5.06. The second kappa shape index (κ2) is 10.5. The van der Waals surface area contributed by atoms with Crippen LogP contribution in [-0.4, -0.2) is 43.5 Å². The van der Waals surface area contributed by atoms with Crippen LogP contribution < -0.4 is 10.2 Å². The van der Waals surface area contributed by atoms with Crippen LogP contribution in [0, 0.1) is 0 Å².